The van der Waals surface area contributed by atoms with Gasteiger partial charge in [-0.25, -0.2) is 0 Å². The van der Waals surface area contributed by atoms with Crippen LogP contribution in [0.4, 0.5) is 0 Å². The van der Waals surface area contributed by atoms with Gasteiger partial charge in [-0.05, 0) is 37.0 Å². The number of hydrogen-bond donors (Lipinski definition) is 0. The molecule has 0 heterocycles. The van der Waals surface area contributed by atoms with Crippen molar-refractivity contribution < 1.29 is 28.6 Å². The summed E-state index contributed by atoms with van der Waals surface area (Å²) in [7, 11) is 0. The van der Waals surface area contributed by atoms with Gasteiger partial charge in [0, 0.05) is 19.3 Å². The fourth-order valence-electron chi connectivity index (χ4n) is 6.99. The molecule has 0 aromatic rings. The monoisotopic (exact) mass is 765 g/mol. The Morgan fingerprint density at radius 3 is 0.963 bits per heavy atom. The summed E-state index contributed by atoms with van der Waals surface area (Å²) in [6.07, 6.45) is 36.6. The minimum atomic E-state index is -0.763. The Balaban J connectivity index is 4.34. The maximum absolute atomic E-state index is 12.7. The summed E-state index contributed by atoms with van der Waals surface area (Å²) in [5.41, 5.74) is 0. The molecule has 0 amide bonds. The van der Waals surface area contributed by atoms with E-state index < -0.39 is 6.10 Å². The van der Waals surface area contributed by atoms with Crippen molar-refractivity contribution in [2.75, 3.05) is 13.2 Å². The van der Waals surface area contributed by atoms with Crippen LogP contribution in [-0.2, 0) is 28.6 Å². The number of hydrogen-bond acceptors (Lipinski definition) is 6. The molecule has 3 atom stereocenters. The van der Waals surface area contributed by atoms with Gasteiger partial charge < -0.3 is 14.2 Å². The number of carbonyl (C=O) groups is 3. The van der Waals surface area contributed by atoms with Gasteiger partial charge in [0.2, 0.25) is 0 Å². The van der Waals surface area contributed by atoms with E-state index in [1.54, 1.807) is 0 Å². The van der Waals surface area contributed by atoms with Crippen LogP contribution in [0.1, 0.15) is 253 Å². The number of esters is 3. The van der Waals surface area contributed by atoms with E-state index in [-0.39, 0.29) is 31.1 Å². The van der Waals surface area contributed by atoms with Crippen LogP contribution < -0.4 is 0 Å². The van der Waals surface area contributed by atoms with E-state index in [1.807, 2.05) is 0 Å². The summed E-state index contributed by atoms with van der Waals surface area (Å²) in [6.45, 7) is 13.7. The molecule has 0 aliphatic heterocycles. The first-order chi connectivity index (χ1) is 26.2. The lowest BCUT2D eigenvalue weighted by Crippen LogP contribution is -2.30. The molecule has 0 aliphatic rings. The number of carbonyl (C=O) groups excluding carboxylic acids is 3. The SMILES string of the molecule is CCC(C)CCCCCCCCCCC(=O)OC[C@H](COC(=O)CCCCCCCCCCCCCC(C)C)OC(=O)CCCCCCCCC(C)CC. The summed E-state index contributed by atoms with van der Waals surface area (Å²) in [4.78, 5) is 37.8. The van der Waals surface area contributed by atoms with Gasteiger partial charge in [0.15, 0.2) is 6.10 Å². The first kappa shape index (κ1) is 52.4. The average molecular weight is 765 g/mol. The summed E-state index contributed by atoms with van der Waals surface area (Å²) in [5, 5.41) is 0. The van der Waals surface area contributed by atoms with E-state index in [9.17, 15) is 14.4 Å². The molecular weight excluding hydrogens is 673 g/mol. The summed E-state index contributed by atoms with van der Waals surface area (Å²) >= 11 is 0. The molecule has 0 aromatic carbocycles. The maximum Gasteiger partial charge on any atom is 0.306 e. The molecule has 0 saturated carbocycles. The van der Waals surface area contributed by atoms with Crippen molar-refractivity contribution in [3.8, 4) is 0 Å². The first-order valence-electron chi connectivity index (χ1n) is 23.7. The Labute approximate surface area is 336 Å². The van der Waals surface area contributed by atoms with Gasteiger partial charge in [0.25, 0.3) is 0 Å². The predicted molar refractivity (Wildman–Crippen MR) is 229 cm³/mol. The molecule has 0 saturated heterocycles. The third-order valence-corrected chi connectivity index (χ3v) is 11.4. The van der Waals surface area contributed by atoms with Crippen LogP contribution in [0.2, 0.25) is 0 Å². The highest BCUT2D eigenvalue weighted by Gasteiger charge is 2.19. The van der Waals surface area contributed by atoms with Gasteiger partial charge in [0.1, 0.15) is 13.2 Å². The van der Waals surface area contributed by atoms with Crippen molar-refractivity contribution in [2.45, 2.75) is 260 Å². The smallest absolute Gasteiger partial charge is 0.306 e. The lowest BCUT2D eigenvalue weighted by molar-refractivity contribution is -0.167. The number of ether oxygens (including phenoxy) is 3. The molecule has 0 radical (unpaired) electrons. The first-order valence-corrected chi connectivity index (χ1v) is 23.7. The zero-order valence-electron chi connectivity index (χ0n) is 37.0. The highest BCUT2D eigenvalue weighted by Crippen LogP contribution is 2.18. The van der Waals surface area contributed by atoms with Gasteiger partial charge >= 0.3 is 17.9 Å². The minimum Gasteiger partial charge on any atom is -0.462 e. The van der Waals surface area contributed by atoms with Crippen LogP contribution in [0.25, 0.3) is 0 Å². The van der Waals surface area contributed by atoms with Crippen molar-refractivity contribution >= 4 is 17.9 Å². The largest absolute Gasteiger partial charge is 0.462 e. The molecule has 0 bridgehead atoms. The van der Waals surface area contributed by atoms with Crippen molar-refractivity contribution in [2.24, 2.45) is 17.8 Å². The van der Waals surface area contributed by atoms with E-state index >= 15 is 0 Å². The molecule has 54 heavy (non-hydrogen) atoms. The molecule has 320 valence electrons. The highest BCUT2D eigenvalue weighted by molar-refractivity contribution is 5.71. The number of rotatable bonds is 41. The van der Waals surface area contributed by atoms with Crippen molar-refractivity contribution in [1.82, 2.24) is 0 Å². The van der Waals surface area contributed by atoms with Crippen molar-refractivity contribution in [3.63, 3.8) is 0 Å². The van der Waals surface area contributed by atoms with E-state index in [1.165, 1.54) is 135 Å². The van der Waals surface area contributed by atoms with Crippen molar-refractivity contribution in [3.05, 3.63) is 0 Å². The molecule has 0 spiro atoms. The lowest BCUT2D eigenvalue weighted by atomic mass is 9.99. The standard InChI is InChI=1S/C48H92O6/c1-7-43(5)35-29-23-17-14-15-19-26-32-38-47(50)53-41-45(54-48(51)39-33-27-21-20-24-30-36-44(6)8-2)40-52-46(49)37-31-25-18-13-11-9-10-12-16-22-28-34-42(3)4/h42-45H,7-41H2,1-6H3/t43?,44?,45-/m0/s1. The average Bonchev–Trinajstić information content (AvgIpc) is 3.15. The Morgan fingerprint density at radius 1 is 0.370 bits per heavy atom. The van der Waals surface area contributed by atoms with Crippen molar-refractivity contribution in [1.29, 1.82) is 0 Å². The van der Waals surface area contributed by atoms with E-state index in [4.69, 9.17) is 14.2 Å². The van der Waals surface area contributed by atoms with Gasteiger partial charge in [-0.1, -0.05) is 215 Å². The molecule has 2 unspecified atom stereocenters. The van der Waals surface area contributed by atoms with Crippen LogP contribution in [-0.4, -0.2) is 37.2 Å². The third-order valence-electron chi connectivity index (χ3n) is 11.4. The van der Waals surface area contributed by atoms with Gasteiger partial charge in [-0.15, -0.1) is 0 Å². The molecule has 0 N–H and O–H groups in total. The van der Waals surface area contributed by atoms with E-state index in [2.05, 4.69) is 41.5 Å². The molecule has 0 aromatic heterocycles. The fourth-order valence-corrected chi connectivity index (χ4v) is 6.99. The van der Waals surface area contributed by atoms with Gasteiger partial charge in [-0.2, -0.15) is 0 Å². The topological polar surface area (TPSA) is 78.9 Å². The highest BCUT2D eigenvalue weighted by atomic mass is 16.6. The minimum absolute atomic E-state index is 0.0666. The Hall–Kier alpha value is -1.59. The maximum atomic E-state index is 12.7. The van der Waals surface area contributed by atoms with Crippen LogP contribution in [0, 0.1) is 17.8 Å². The normalized spacial score (nSPS) is 13.2. The molecule has 6 nitrogen and oxygen atoms in total. The molecule has 6 heteroatoms. The summed E-state index contributed by atoms with van der Waals surface area (Å²) in [5.74, 6) is 1.62. The third kappa shape index (κ3) is 38.7. The Kier molecular flexibility index (Phi) is 38.5. The van der Waals surface area contributed by atoms with Gasteiger partial charge in [0.05, 0.1) is 0 Å². The summed E-state index contributed by atoms with van der Waals surface area (Å²) < 4.78 is 16.7. The fraction of sp³-hybridized carbons (Fsp3) is 0.938. The number of unbranched alkanes of at least 4 members (excludes halogenated alkanes) is 22. The zero-order valence-corrected chi connectivity index (χ0v) is 37.0. The molecule has 0 rings (SSSR count). The molecule has 0 fully saturated rings. The second kappa shape index (κ2) is 39.6. The molecule has 0 aliphatic carbocycles. The van der Waals surface area contributed by atoms with Crippen LogP contribution >= 0.6 is 0 Å². The van der Waals surface area contributed by atoms with Crippen LogP contribution in [0.5, 0.6) is 0 Å². The predicted octanol–water partition coefficient (Wildman–Crippen LogP) is 14.8. The van der Waals surface area contributed by atoms with Crippen LogP contribution in [0.3, 0.4) is 0 Å². The van der Waals surface area contributed by atoms with E-state index in [0.717, 1.165) is 75.5 Å². The Morgan fingerprint density at radius 2 is 0.648 bits per heavy atom. The zero-order chi connectivity index (χ0) is 39.9. The molecular formula is C48H92O6. The Bertz CT molecular complexity index is 841. The lowest BCUT2D eigenvalue weighted by Gasteiger charge is -2.18. The second-order valence-corrected chi connectivity index (χ2v) is 17.4. The second-order valence-electron chi connectivity index (χ2n) is 17.4. The van der Waals surface area contributed by atoms with E-state index in [0.29, 0.717) is 19.3 Å². The quantitative estimate of drug-likeness (QED) is 0.0350. The summed E-state index contributed by atoms with van der Waals surface area (Å²) in [6, 6.07) is 0. The van der Waals surface area contributed by atoms with Crippen LogP contribution in [0.15, 0.2) is 0 Å². The van der Waals surface area contributed by atoms with Gasteiger partial charge in [-0.3, -0.25) is 14.4 Å².